The number of carbonyl (C=O) groups is 1. The highest BCUT2D eigenvalue weighted by atomic mass is 16.3. The number of ketones is 1. The van der Waals surface area contributed by atoms with Crippen LogP contribution in [0.3, 0.4) is 0 Å². The Morgan fingerprint density at radius 3 is 2.65 bits per heavy atom. The van der Waals surface area contributed by atoms with Gasteiger partial charge < -0.3 is 10.0 Å². The number of allylic oxidation sites excluding steroid dienone is 2. The average Bonchev–Trinajstić information content (AvgIpc) is 3.10. The van der Waals surface area contributed by atoms with Crippen LogP contribution < -0.4 is 0 Å². The molecule has 5 aliphatic rings. The molecule has 0 radical (unpaired) electrons. The molecule has 4 fully saturated rings. The minimum Gasteiger partial charge on any atom is -0.393 e. The number of fused-ring (bicyclic) bond motifs is 5. The van der Waals surface area contributed by atoms with Crippen molar-refractivity contribution in [3.05, 3.63) is 11.1 Å². The summed E-state index contributed by atoms with van der Waals surface area (Å²) in [7, 11) is 2.35. The molecule has 4 aliphatic carbocycles. The summed E-state index contributed by atoms with van der Waals surface area (Å²) in [4.78, 5) is 15.8. The maximum atomic E-state index is 13.2. The molecule has 10 atom stereocenters. The second-order valence-electron chi connectivity index (χ2n) is 12.7. The summed E-state index contributed by atoms with van der Waals surface area (Å²) in [5.74, 6) is 4.74. The molecule has 174 valence electrons. The second-order valence-corrected chi connectivity index (χ2v) is 12.7. The number of likely N-dealkylation sites (tertiary alicyclic amines) is 1. The van der Waals surface area contributed by atoms with Crippen LogP contribution in [0.5, 0.6) is 0 Å². The Bertz CT molecular complexity index is 758. The number of Topliss-reactive ketones (excluding diaryl/α,β-unsaturated/α-hetero) is 1. The normalized spacial score (nSPS) is 49.4. The Hall–Kier alpha value is -0.670. The standard InChI is InChI=1S/C28H45NO2/c1-16-6-9-26(29(5)15-16)18(3)20-7-8-21-22(17(20)2)13-24-23(21)14-27(31)25-12-19(30)10-11-28(24,25)4/h16,18-21,23-26,30H,6-15H2,1-5H3/t16-,18-,19+,20+,21-,23-,24+,25-,26-,28-/m1/s1. The third kappa shape index (κ3) is 3.48. The molecule has 0 aromatic rings. The first-order chi connectivity index (χ1) is 14.7. The minimum absolute atomic E-state index is 0.103. The van der Waals surface area contributed by atoms with E-state index in [0.717, 1.165) is 43.1 Å². The Morgan fingerprint density at radius 1 is 1.13 bits per heavy atom. The number of aliphatic hydroxyl groups is 1. The Labute approximate surface area is 190 Å². The van der Waals surface area contributed by atoms with E-state index in [2.05, 4.69) is 39.6 Å². The first kappa shape index (κ1) is 22.1. The SMILES string of the molecule is CC1=C2C[C@H]3[C@H](CC(=O)[C@H]4C[C@@H](O)CC[C@@]43C)[C@@H]2CC[C@@H]1[C@@H](C)[C@H]1CC[C@@H](C)CN1C. The molecule has 0 spiro atoms. The molecule has 5 rings (SSSR count). The van der Waals surface area contributed by atoms with Crippen molar-refractivity contribution in [3.8, 4) is 0 Å². The summed E-state index contributed by atoms with van der Waals surface area (Å²) in [5, 5.41) is 10.3. The molecule has 0 aromatic carbocycles. The van der Waals surface area contributed by atoms with E-state index >= 15 is 0 Å². The van der Waals surface area contributed by atoms with Gasteiger partial charge in [-0.3, -0.25) is 4.79 Å². The summed E-state index contributed by atoms with van der Waals surface area (Å²) in [6.45, 7) is 11.0. The zero-order valence-corrected chi connectivity index (χ0v) is 20.6. The largest absolute Gasteiger partial charge is 0.393 e. The van der Waals surface area contributed by atoms with E-state index in [4.69, 9.17) is 0 Å². The van der Waals surface area contributed by atoms with E-state index in [-0.39, 0.29) is 17.4 Å². The van der Waals surface area contributed by atoms with Crippen LogP contribution in [0.1, 0.15) is 85.5 Å². The topological polar surface area (TPSA) is 40.5 Å². The minimum atomic E-state index is -0.261. The predicted octanol–water partition coefficient (Wildman–Crippen LogP) is 5.47. The summed E-state index contributed by atoms with van der Waals surface area (Å²) in [6, 6.07) is 0.722. The number of rotatable bonds is 2. The van der Waals surface area contributed by atoms with E-state index in [1.54, 1.807) is 11.1 Å². The van der Waals surface area contributed by atoms with Gasteiger partial charge in [0.2, 0.25) is 0 Å². The molecule has 31 heavy (non-hydrogen) atoms. The van der Waals surface area contributed by atoms with Gasteiger partial charge in [0, 0.05) is 24.9 Å². The lowest BCUT2D eigenvalue weighted by Crippen LogP contribution is -2.51. The van der Waals surface area contributed by atoms with Gasteiger partial charge in [-0.15, -0.1) is 0 Å². The number of piperidine rings is 1. The average molecular weight is 428 g/mol. The molecule has 0 bridgehead atoms. The van der Waals surface area contributed by atoms with Gasteiger partial charge in [-0.25, -0.2) is 0 Å². The molecule has 1 N–H and O–H groups in total. The van der Waals surface area contributed by atoms with E-state index < -0.39 is 0 Å². The van der Waals surface area contributed by atoms with Gasteiger partial charge in [-0.2, -0.15) is 0 Å². The molecule has 0 aromatic heterocycles. The van der Waals surface area contributed by atoms with Crippen molar-refractivity contribution in [1.82, 2.24) is 4.90 Å². The summed E-state index contributed by atoms with van der Waals surface area (Å²) >= 11 is 0. The Morgan fingerprint density at radius 2 is 1.90 bits per heavy atom. The molecule has 3 saturated carbocycles. The maximum Gasteiger partial charge on any atom is 0.136 e. The van der Waals surface area contributed by atoms with Crippen LogP contribution in [0.2, 0.25) is 0 Å². The van der Waals surface area contributed by atoms with Crippen molar-refractivity contribution >= 4 is 5.78 Å². The first-order valence-corrected chi connectivity index (χ1v) is 13.3. The lowest BCUT2D eigenvalue weighted by molar-refractivity contribution is -0.145. The first-order valence-electron chi connectivity index (χ1n) is 13.3. The van der Waals surface area contributed by atoms with Crippen LogP contribution in [0.25, 0.3) is 0 Å². The highest BCUT2D eigenvalue weighted by molar-refractivity contribution is 5.83. The lowest BCUT2D eigenvalue weighted by Gasteiger charge is -2.52. The van der Waals surface area contributed by atoms with E-state index in [0.29, 0.717) is 30.0 Å². The van der Waals surface area contributed by atoms with Crippen molar-refractivity contribution in [1.29, 1.82) is 0 Å². The summed E-state index contributed by atoms with van der Waals surface area (Å²) < 4.78 is 0. The highest BCUT2D eigenvalue weighted by Crippen LogP contribution is 2.64. The molecule has 1 aliphatic heterocycles. The molecule has 3 heteroatoms. The van der Waals surface area contributed by atoms with Crippen LogP contribution in [-0.2, 0) is 4.79 Å². The molecular formula is C28H45NO2. The fourth-order valence-electron chi connectivity index (χ4n) is 9.35. The van der Waals surface area contributed by atoms with Crippen LogP contribution >= 0.6 is 0 Å². The van der Waals surface area contributed by atoms with Crippen molar-refractivity contribution in [3.63, 3.8) is 0 Å². The lowest BCUT2D eigenvalue weighted by atomic mass is 9.51. The number of hydrogen-bond donors (Lipinski definition) is 1. The molecule has 3 nitrogen and oxygen atoms in total. The zero-order chi connectivity index (χ0) is 22.1. The van der Waals surface area contributed by atoms with Gasteiger partial charge in [0.1, 0.15) is 5.78 Å². The Kier molecular flexibility index (Phi) is 5.70. The fraction of sp³-hybridized carbons (Fsp3) is 0.893. The van der Waals surface area contributed by atoms with Crippen molar-refractivity contribution in [2.75, 3.05) is 13.6 Å². The monoisotopic (exact) mass is 427 g/mol. The maximum absolute atomic E-state index is 13.2. The van der Waals surface area contributed by atoms with Crippen molar-refractivity contribution < 1.29 is 9.90 Å². The third-order valence-electron chi connectivity index (χ3n) is 11.1. The van der Waals surface area contributed by atoms with Crippen LogP contribution in [0.15, 0.2) is 11.1 Å². The van der Waals surface area contributed by atoms with Crippen molar-refractivity contribution in [2.24, 2.45) is 46.8 Å². The van der Waals surface area contributed by atoms with Crippen LogP contribution in [-0.4, -0.2) is 41.5 Å². The smallest absolute Gasteiger partial charge is 0.136 e. The molecule has 0 unspecified atom stereocenters. The highest BCUT2D eigenvalue weighted by Gasteiger charge is 2.59. The zero-order valence-electron chi connectivity index (χ0n) is 20.6. The van der Waals surface area contributed by atoms with Gasteiger partial charge in [0.15, 0.2) is 0 Å². The summed E-state index contributed by atoms with van der Waals surface area (Å²) in [5.41, 5.74) is 3.57. The predicted molar refractivity (Wildman–Crippen MR) is 126 cm³/mol. The number of nitrogens with zero attached hydrogens (tertiary/aromatic N) is 1. The van der Waals surface area contributed by atoms with Gasteiger partial charge in [0.25, 0.3) is 0 Å². The van der Waals surface area contributed by atoms with Gasteiger partial charge in [-0.1, -0.05) is 31.9 Å². The van der Waals surface area contributed by atoms with Gasteiger partial charge in [-0.05, 0) is 106 Å². The molecule has 1 heterocycles. The Balaban J connectivity index is 1.40. The van der Waals surface area contributed by atoms with E-state index in [1.165, 1.54) is 38.6 Å². The quantitative estimate of drug-likeness (QED) is 0.594. The number of aliphatic hydroxyl groups excluding tert-OH is 1. The molecule has 0 amide bonds. The molecular weight excluding hydrogens is 382 g/mol. The number of hydrogen-bond acceptors (Lipinski definition) is 3. The fourth-order valence-corrected chi connectivity index (χ4v) is 9.35. The van der Waals surface area contributed by atoms with E-state index in [1.807, 2.05) is 0 Å². The third-order valence-corrected chi connectivity index (χ3v) is 11.1. The number of carbonyl (C=O) groups excluding carboxylic acids is 1. The summed E-state index contributed by atoms with van der Waals surface area (Å²) in [6.07, 6.45) is 9.74. The second kappa shape index (κ2) is 7.97. The van der Waals surface area contributed by atoms with Crippen molar-refractivity contribution in [2.45, 2.75) is 97.6 Å². The van der Waals surface area contributed by atoms with Crippen LogP contribution in [0.4, 0.5) is 0 Å². The van der Waals surface area contributed by atoms with Crippen LogP contribution in [0, 0.1) is 46.8 Å². The van der Waals surface area contributed by atoms with E-state index in [9.17, 15) is 9.90 Å². The molecule has 1 saturated heterocycles. The van der Waals surface area contributed by atoms with Gasteiger partial charge in [0.05, 0.1) is 6.10 Å². The van der Waals surface area contributed by atoms with Gasteiger partial charge >= 0.3 is 0 Å².